The van der Waals surface area contributed by atoms with E-state index in [1.165, 1.54) is 12.1 Å². The first kappa shape index (κ1) is 19.9. The van der Waals surface area contributed by atoms with E-state index >= 15 is 0 Å². The Balaban J connectivity index is 1.86. The summed E-state index contributed by atoms with van der Waals surface area (Å²) in [5, 5.41) is 20.5. The number of hydrogen-bond donors (Lipinski definition) is 2. The van der Waals surface area contributed by atoms with Crippen LogP contribution >= 0.6 is 0 Å². The van der Waals surface area contributed by atoms with Crippen LogP contribution in [-0.2, 0) is 9.47 Å². The van der Waals surface area contributed by atoms with Crippen molar-refractivity contribution < 1.29 is 24.5 Å². The van der Waals surface area contributed by atoms with Crippen molar-refractivity contribution in [2.75, 3.05) is 0 Å². The molecular formula is C22H30O5. The summed E-state index contributed by atoms with van der Waals surface area (Å²) in [7, 11) is 0. The molecule has 5 heteroatoms. The van der Waals surface area contributed by atoms with Gasteiger partial charge >= 0.3 is 5.97 Å². The van der Waals surface area contributed by atoms with Gasteiger partial charge in [0.25, 0.3) is 0 Å². The van der Waals surface area contributed by atoms with Crippen LogP contribution in [0.2, 0.25) is 0 Å². The number of aromatic hydroxyl groups is 1. The summed E-state index contributed by atoms with van der Waals surface area (Å²) < 4.78 is 11.8. The van der Waals surface area contributed by atoms with Gasteiger partial charge in [-0.1, -0.05) is 25.5 Å². The lowest BCUT2D eigenvalue weighted by molar-refractivity contribution is -0.0419. The first-order chi connectivity index (χ1) is 12.7. The molecule has 1 aliphatic carbocycles. The highest BCUT2D eigenvalue weighted by Gasteiger charge is 2.58. The van der Waals surface area contributed by atoms with Gasteiger partial charge in [-0.25, -0.2) is 4.79 Å². The Morgan fingerprint density at radius 1 is 1.30 bits per heavy atom. The van der Waals surface area contributed by atoms with Crippen molar-refractivity contribution in [3.05, 3.63) is 41.5 Å². The fourth-order valence-electron chi connectivity index (χ4n) is 4.20. The fourth-order valence-corrected chi connectivity index (χ4v) is 4.20. The van der Waals surface area contributed by atoms with Gasteiger partial charge in [-0.3, -0.25) is 0 Å². The van der Waals surface area contributed by atoms with E-state index in [2.05, 4.69) is 6.08 Å². The number of phenolic OH excluding ortho intramolecular Hbond substituents is 1. The molecule has 1 saturated heterocycles. The Bertz CT molecular complexity index is 708. The largest absolute Gasteiger partial charge is 0.508 e. The van der Waals surface area contributed by atoms with Crippen molar-refractivity contribution in [2.45, 2.75) is 70.9 Å². The number of allylic oxidation sites excluding steroid dienone is 1. The number of carbonyl (C=O) groups excluding carboxylic acids is 1. The van der Waals surface area contributed by atoms with Crippen LogP contribution in [0.1, 0.15) is 57.3 Å². The quantitative estimate of drug-likeness (QED) is 0.477. The number of epoxide rings is 1. The second kappa shape index (κ2) is 7.64. The van der Waals surface area contributed by atoms with E-state index in [0.717, 1.165) is 18.4 Å². The van der Waals surface area contributed by atoms with Gasteiger partial charge in [0.1, 0.15) is 18.0 Å². The zero-order valence-electron chi connectivity index (χ0n) is 16.5. The lowest BCUT2D eigenvalue weighted by Gasteiger charge is -2.34. The third-order valence-corrected chi connectivity index (χ3v) is 5.86. The molecule has 0 spiro atoms. The highest BCUT2D eigenvalue weighted by molar-refractivity contribution is 5.89. The predicted octanol–water partition coefficient (Wildman–Crippen LogP) is 3.84. The highest BCUT2D eigenvalue weighted by atomic mass is 16.6. The third-order valence-electron chi connectivity index (χ3n) is 5.86. The predicted molar refractivity (Wildman–Crippen MR) is 103 cm³/mol. The van der Waals surface area contributed by atoms with Crippen LogP contribution in [0.3, 0.4) is 0 Å². The monoisotopic (exact) mass is 374 g/mol. The van der Waals surface area contributed by atoms with E-state index < -0.39 is 18.2 Å². The molecular weight excluding hydrogens is 344 g/mol. The number of phenols is 1. The SMILES string of the molecule is CC1=CCCC2(C)OC2C(O)C(C(C)C)C(OC(=O)c2ccc(O)cc2)C1. The summed E-state index contributed by atoms with van der Waals surface area (Å²) in [6.07, 6.45) is 3.20. The number of fused-ring (bicyclic) bond motifs is 1. The van der Waals surface area contributed by atoms with Crippen molar-refractivity contribution in [3.63, 3.8) is 0 Å². The number of hydrogen-bond acceptors (Lipinski definition) is 5. The van der Waals surface area contributed by atoms with Crippen molar-refractivity contribution in [1.29, 1.82) is 0 Å². The standard InChI is InChI=1S/C22H30O5/c1-13(2)18-17(26-21(25)15-7-9-16(23)10-8-15)12-14(3)6-5-11-22(4)20(27-22)19(18)24/h6-10,13,17-20,23-24H,5,11-12H2,1-4H3. The van der Waals surface area contributed by atoms with E-state index in [4.69, 9.17) is 9.47 Å². The van der Waals surface area contributed by atoms with Gasteiger partial charge in [0.05, 0.1) is 17.3 Å². The number of esters is 1. The summed E-state index contributed by atoms with van der Waals surface area (Å²) >= 11 is 0. The topological polar surface area (TPSA) is 79.3 Å². The molecule has 5 unspecified atom stereocenters. The van der Waals surface area contributed by atoms with E-state index in [-0.39, 0.29) is 29.3 Å². The molecule has 2 N–H and O–H groups in total. The smallest absolute Gasteiger partial charge is 0.338 e. The maximum Gasteiger partial charge on any atom is 0.338 e. The first-order valence-corrected chi connectivity index (χ1v) is 9.73. The Morgan fingerprint density at radius 2 is 1.96 bits per heavy atom. The van der Waals surface area contributed by atoms with Gasteiger partial charge in [0.15, 0.2) is 0 Å². The van der Waals surface area contributed by atoms with Crippen molar-refractivity contribution in [2.24, 2.45) is 11.8 Å². The van der Waals surface area contributed by atoms with Crippen LogP contribution < -0.4 is 0 Å². The Morgan fingerprint density at radius 3 is 2.59 bits per heavy atom. The van der Waals surface area contributed by atoms with Crippen LogP contribution in [0.5, 0.6) is 5.75 Å². The molecule has 0 radical (unpaired) electrons. The maximum absolute atomic E-state index is 12.7. The molecule has 1 aliphatic heterocycles. The molecule has 5 nitrogen and oxygen atoms in total. The molecule has 3 rings (SSSR count). The number of aliphatic hydroxyl groups is 1. The lowest BCUT2D eigenvalue weighted by Crippen LogP contribution is -2.43. The summed E-state index contributed by atoms with van der Waals surface area (Å²) in [6.45, 7) is 8.17. The fraction of sp³-hybridized carbons (Fsp3) is 0.591. The molecule has 0 aromatic heterocycles. The summed E-state index contributed by atoms with van der Waals surface area (Å²) in [6, 6.07) is 6.02. The van der Waals surface area contributed by atoms with Crippen molar-refractivity contribution >= 4 is 5.97 Å². The van der Waals surface area contributed by atoms with Crippen LogP contribution in [-0.4, -0.2) is 40.1 Å². The first-order valence-electron chi connectivity index (χ1n) is 9.73. The Labute approximate surface area is 161 Å². The molecule has 27 heavy (non-hydrogen) atoms. The van der Waals surface area contributed by atoms with E-state index in [0.29, 0.717) is 12.0 Å². The minimum Gasteiger partial charge on any atom is -0.508 e. The van der Waals surface area contributed by atoms with Crippen molar-refractivity contribution in [3.8, 4) is 5.75 Å². The van der Waals surface area contributed by atoms with Gasteiger partial charge in [-0.2, -0.15) is 0 Å². The summed E-state index contributed by atoms with van der Waals surface area (Å²) in [4.78, 5) is 12.7. The molecule has 1 aromatic rings. The average molecular weight is 374 g/mol. The average Bonchev–Trinajstić information content (AvgIpc) is 3.26. The molecule has 1 fully saturated rings. The molecule has 0 saturated carbocycles. The van der Waals surface area contributed by atoms with Crippen LogP contribution in [0.25, 0.3) is 0 Å². The zero-order valence-corrected chi connectivity index (χ0v) is 16.5. The summed E-state index contributed by atoms with van der Waals surface area (Å²) in [5.74, 6) is -0.440. The molecule has 1 heterocycles. The zero-order chi connectivity index (χ0) is 19.8. The molecule has 5 atom stereocenters. The van der Waals surface area contributed by atoms with Gasteiger partial charge < -0.3 is 19.7 Å². The molecule has 0 amide bonds. The normalized spacial score (nSPS) is 33.8. The molecule has 148 valence electrons. The van der Waals surface area contributed by atoms with E-state index in [1.54, 1.807) is 12.1 Å². The number of rotatable bonds is 3. The summed E-state index contributed by atoms with van der Waals surface area (Å²) in [5.41, 5.74) is 1.24. The Kier molecular flexibility index (Phi) is 5.63. The number of ether oxygens (including phenoxy) is 2. The van der Waals surface area contributed by atoms with Crippen LogP contribution in [0.4, 0.5) is 0 Å². The number of carbonyl (C=O) groups is 1. The molecule has 2 aliphatic rings. The van der Waals surface area contributed by atoms with Gasteiger partial charge in [0.2, 0.25) is 0 Å². The Hall–Kier alpha value is -1.85. The second-order valence-electron chi connectivity index (χ2n) is 8.45. The van der Waals surface area contributed by atoms with E-state index in [9.17, 15) is 15.0 Å². The van der Waals surface area contributed by atoms with Gasteiger partial charge in [0, 0.05) is 12.3 Å². The number of aliphatic hydroxyl groups excluding tert-OH is 1. The molecule has 1 aromatic carbocycles. The van der Waals surface area contributed by atoms with Gasteiger partial charge in [-0.15, -0.1) is 0 Å². The van der Waals surface area contributed by atoms with Crippen LogP contribution in [0.15, 0.2) is 35.9 Å². The molecule has 0 bridgehead atoms. The number of benzene rings is 1. The lowest BCUT2D eigenvalue weighted by atomic mass is 9.78. The van der Waals surface area contributed by atoms with E-state index in [1.807, 2.05) is 27.7 Å². The second-order valence-corrected chi connectivity index (χ2v) is 8.45. The maximum atomic E-state index is 12.7. The minimum absolute atomic E-state index is 0.102. The van der Waals surface area contributed by atoms with Crippen molar-refractivity contribution in [1.82, 2.24) is 0 Å². The van der Waals surface area contributed by atoms with Crippen LogP contribution in [0, 0.1) is 11.8 Å². The third kappa shape index (κ3) is 4.36. The minimum atomic E-state index is -0.682. The highest BCUT2D eigenvalue weighted by Crippen LogP contribution is 2.47. The van der Waals surface area contributed by atoms with Gasteiger partial charge in [-0.05, 0) is 56.9 Å².